The largest absolute Gasteiger partial charge is 0.460 e. The van der Waals surface area contributed by atoms with Crippen LogP contribution in [-0.2, 0) is 19.5 Å². The van der Waals surface area contributed by atoms with E-state index in [1.165, 1.54) is 0 Å². The summed E-state index contributed by atoms with van der Waals surface area (Å²) in [6, 6.07) is 3.90. The summed E-state index contributed by atoms with van der Waals surface area (Å²) in [6.45, 7) is 0. The van der Waals surface area contributed by atoms with Gasteiger partial charge in [0.15, 0.2) is 0 Å². The van der Waals surface area contributed by atoms with E-state index in [0.717, 1.165) is 24.3 Å². The maximum absolute atomic E-state index is 13.9. The highest BCUT2D eigenvalue weighted by Gasteiger charge is 2.90. The van der Waals surface area contributed by atoms with Crippen molar-refractivity contribution in [3.8, 4) is 0 Å². The number of nitro benzene ring substituents is 1. The van der Waals surface area contributed by atoms with Gasteiger partial charge in [-0.15, -0.1) is 10.3 Å². The Bertz CT molecular complexity index is 1010. The molecule has 1 rings (SSSR count). The predicted octanol–water partition coefficient (Wildman–Crippen LogP) is 5.48. The lowest BCUT2D eigenvalue weighted by atomic mass is 10.0. The fourth-order valence-electron chi connectivity index (χ4n) is 2.19. The lowest BCUT2D eigenvalue weighted by Gasteiger charge is -2.38. The molecule has 0 spiro atoms. The van der Waals surface area contributed by atoms with Gasteiger partial charge in [-0.05, 0) is 18.1 Å². The Morgan fingerprint density at radius 1 is 0.879 bits per heavy atom. The number of nitrogens with zero attached hydrogens (tertiary/aromatic N) is 1. The van der Waals surface area contributed by atoms with E-state index in [1.807, 2.05) is 0 Å². The third kappa shape index (κ3) is 5.13. The van der Waals surface area contributed by atoms with Gasteiger partial charge in [-0.3, -0.25) is 10.1 Å². The molecule has 0 bridgehead atoms. The van der Waals surface area contributed by atoms with Gasteiger partial charge in [-0.25, -0.2) is 3.63 Å². The van der Waals surface area contributed by atoms with E-state index in [1.54, 1.807) is 0 Å². The maximum Gasteiger partial charge on any atom is 0.460 e. The number of benzene rings is 1. The SMILES string of the molecule is CS(C)(Cc1cccc([N+](=O)[O-])c1)OS(=O)(=O)C(F)(F)C(F)(F)C(F)(F)C(F)(F)C(F)(F)F. The van der Waals surface area contributed by atoms with Crippen LogP contribution in [0, 0.1) is 10.1 Å². The summed E-state index contributed by atoms with van der Waals surface area (Å²) in [5.41, 5.74) is -0.736. The molecule has 1 aromatic carbocycles. The molecular weight excluding hydrogens is 535 g/mol. The first-order chi connectivity index (χ1) is 14.3. The van der Waals surface area contributed by atoms with E-state index in [4.69, 9.17) is 0 Å². The first kappa shape index (κ1) is 29.1. The second kappa shape index (κ2) is 8.40. The van der Waals surface area contributed by atoms with Crippen LogP contribution in [0.15, 0.2) is 24.3 Å². The minimum absolute atomic E-state index is 0.164. The van der Waals surface area contributed by atoms with Gasteiger partial charge in [0.05, 0.1) is 4.92 Å². The lowest BCUT2D eigenvalue weighted by molar-refractivity contribution is -0.413. The monoisotopic (exact) mass is 547 g/mol. The highest BCUT2D eigenvalue weighted by molar-refractivity contribution is 8.31. The number of rotatable bonds is 9. The lowest BCUT2D eigenvalue weighted by Crippen LogP contribution is -2.68. The molecule has 0 saturated carbocycles. The predicted molar refractivity (Wildman–Crippen MR) is 92.1 cm³/mol. The molecule has 0 aliphatic carbocycles. The first-order valence-corrected chi connectivity index (χ1v) is 11.8. The fraction of sp³-hybridized carbons (Fsp3) is 0.571. The Balaban J connectivity index is 3.37. The van der Waals surface area contributed by atoms with Crippen LogP contribution >= 0.6 is 10.3 Å². The van der Waals surface area contributed by atoms with Crippen molar-refractivity contribution >= 4 is 26.1 Å². The molecule has 19 heteroatoms. The molecule has 0 amide bonds. The third-order valence-electron chi connectivity index (χ3n) is 3.73. The van der Waals surface area contributed by atoms with Crippen LogP contribution in [0.1, 0.15) is 5.56 Å². The topological polar surface area (TPSA) is 86.5 Å². The van der Waals surface area contributed by atoms with Gasteiger partial charge >= 0.3 is 39.3 Å². The van der Waals surface area contributed by atoms with Crippen molar-refractivity contribution in [1.82, 2.24) is 0 Å². The van der Waals surface area contributed by atoms with Crippen LogP contribution in [0.2, 0.25) is 0 Å². The molecule has 0 atom stereocenters. The average molecular weight is 547 g/mol. The van der Waals surface area contributed by atoms with Crippen LogP contribution in [0.3, 0.4) is 0 Å². The Morgan fingerprint density at radius 2 is 1.36 bits per heavy atom. The van der Waals surface area contributed by atoms with Crippen LogP contribution in [0.5, 0.6) is 0 Å². The number of non-ortho nitro benzene ring substituents is 1. The van der Waals surface area contributed by atoms with Crippen LogP contribution in [0.25, 0.3) is 0 Å². The smallest absolute Gasteiger partial charge is 0.258 e. The molecule has 0 fully saturated rings. The van der Waals surface area contributed by atoms with Gasteiger partial charge in [0.1, 0.15) is 0 Å². The molecular formula is C14H12F11NO5S2. The highest BCUT2D eigenvalue weighted by Crippen LogP contribution is 2.60. The van der Waals surface area contributed by atoms with Crippen molar-refractivity contribution < 1.29 is 65.3 Å². The summed E-state index contributed by atoms with van der Waals surface area (Å²) in [7, 11) is -10.8. The molecule has 192 valence electrons. The van der Waals surface area contributed by atoms with E-state index in [-0.39, 0.29) is 5.56 Å². The average Bonchev–Trinajstić information content (AvgIpc) is 2.58. The summed E-state index contributed by atoms with van der Waals surface area (Å²) < 4.78 is 171. The number of alkyl halides is 11. The fourth-order valence-corrected chi connectivity index (χ4v) is 6.08. The number of hydrogen-bond donors (Lipinski definition) is 0. The number of hydrogen-bond acceptors (Lipinski definition) is 5. The van der Waals surface area contributed by atoms with Crippen molar-refractivity contribution in [1.29, 1.82) is 0 Å². The summed E-state index contributed by atoms with van der Waals surface area (Å²) in [4.78, 5) is 9.81. The molecule has 0 heterocycles. The van der Waals surface area contributed by atoms with Gasteiger partial charge in [-0.1, -0.05) is 12.1 Å². The van der Waals surface area contributed by atoms with Crippen molar-refractivity contribution in [2.75, 3.05) is 12.5 Å². The highest BCUT2D eigenvalue weighted by atomic mass is 32.3. The molecule has 0 saturated heterocycles. The quantitative estimate of drug-likeness (QED) is 0.232. The Hall–Kier alpha value is -1.89. The van der Waals surface area contributed by atoms with Gasteiger partial charge in [0.2, 0.25) is 0 Å². The third-order valence-corrected chi connectivity index (χ3v) is 7.84. The number of nitro groups is 1. The van der Waals surface area contributed by atoms with Gasteiger partial charge in [0, 0.05) is 17.9 Å². The second-order valence-electron chi connectivity index (χ2n) is 6.77. The van der Waals surface area contributed by atoms with E-state index in [2.05, 4.69) is 3.63 Å². The normalized spacial score (nSPS) is 15.4. The molecule has 0 aromatic heterocycles. The zero-order chi connectivity index (χ0) is 26.5. The van der Waals surface area contributed by atoms with Crippen molar-refractivity contribution in [3.05, 3.63) is 39.9 Å². The summed E-state index contributed by atoms with van der Waals surface area (Å²) in [5.74, 6) is -24.3. The van der Waals surface area contributed by atoms with Gasteiger partial charge < -0.3 is 0 Å². The van der Waals surface area contributed by atoms with Gasteiger partial charge in [0.25, 0.3) is 5.69 Å². The minimum Gasteiger partial charge on any atom is -0.258 e. The molecule has 0 radical (unpaired) electrons. The van der Waals surface area contributed by atoms with Crippen LogP contribution < -0.4 is 0 Å². The first-order valence-electron chi connectivity index (χ1n) is 7.82. The van der Waals surface area contributed by atoms with E-state index in [9.17, 15) is 66.8 Å². The second-order valence-corrected chi connectivity index (χ2v) is 11.9. The Kier molecular flexibility index (Phi) is 7.42. The Morgan fingerprint density at radius 3 is 1.79 bits per heavy atom. The number of halogens is 11. The molecule has 0 aliphatic heterocycles. The van der Waals surface area contributed by atoms with Crippen molar-refractivity contribution in [3.63, 3.8) is 0 Å². The molecule has 0 unspecified atom stereocenters. The van der Waals surface area contributed by atoms with Crippen molar-refractivity contribution in [2.45, 2.75) is 35.0 Å². The molecule has 0 aliphatic rings. The Labute approximate surface area is 179 Å². The molecule has 0 N–H and O–H groups in total. The van der Waals surface area contributed by atoms with Crippen LogP contribution in [-0.4, -0.2) is 55.1 Å². The zero-order valence-corrected chi connectivity index (χ0v) is 17.6. The standard InChI is InChI=1S/C14H12F11NO5S2/c1-32(2,7-8-4-3-5-9(6-8)26(27)28)31-33(29,30)14(24,25)12(19,20)10(15,16)11(17,18)13(21,22)23/h3-6H,7H2,1-2H3. The zero-order valence-electron chi connectivity index (χ0n) is 16.0. The summed E-state index contributed by atoms with van der Waals surface area (Å²) in [5, 5.41) is 3.47. The maximum atomic E-state index is 13.9. The summed E-state index contributed by atoms with van der Waals surface area (Å²) >= 11 is 0. The van der Waals surface area contributed by atoms with Gasteiger partial charge in [-0.2, -0.15) is 56.7 Å². The molecule has 33 heavy (non-hydrogen) atoms. The van der Waals surface area contributed by atoms with E-state index in [0.29, 0.717) is 12.5 Å². The van der Waals surface area contributed by atoms with Crippen molar-refractivity contribution in [2.24, 2.45) is 0 Å². The molecule has 1 aromatic rings. The van der Waals surface area contributed by atoms with E-state index < -0.39 is 66.0 Å². The van der Waals surface area contributed by atoms with Crippen LogP contribution in [0.4, 0.5) is 54.0 Å². The summed E-state index contributed by atoms with van der Waals surface area (Å²) in [6.07, 6.45) is -6.06. The van der Waals surface area contributed by atoms with E-state index >= 15 is 0 Å². The molecule has 6 nitrogen and oxygen atoms in total. The minimum atomic E-state index is -7.92.